The Balaban J connectivity index is 1.34. The molecule has 0 bridgehead atoms. The summed E-state index contributed by atoms with van der Waals surface area (Å²) in [6.07, 6.45) is -1.33. The molecule has 0 aliphatic carbocycles. The smallest absolute Gasteiger partial charge is 0.380 e. The molecule has 1 aliphatic rings. The molecule has 214 valence electrons. The lowest BCUT2D eigenvalue weighted by Crippen LogP contribution is -2.46. The zero-order chi connectivity index (χ0) is 28.5. The first kappa shape index (κ1) is 29.2. The number of rotatable bonds is 12. The molecule has 4 rings (SSSR count). The van der Waals surface area contributed by atoms with Crippen LogP contribution in [0.15, 0.2) is 49.4 Å². The highest BCUT2D eigenvalue weighted by Crippen LogP contribution is 2.34. The number of benzene rings is 1. The molecule has 40 heavy (non-hydrogen) atoms. The molecule has 0 amide bonds. The van der Waals surface area contributed by atoms with Crippen LogP contribution in [0.3, 0.4) is 0 Å². The number of piperazine rings is 1. The van der Waals surface area contributed by atoms with Crippen molar-refractivity contribution in [1.82, 2.24) is 29.7 Å². The van der Waals surface area contributed by atoms with Crippen molar-refractivity contribution in [3.63, 3.8) is 0 Å². The molecule has 2 N–H and O–H groups in total. The largest absolute Gasteiger partial charge is 0.434 e. The SMILES string of the molecule is C=C(c1cnc(NCc2ccc(CNc3ncc(F)cn3)cc2)nc1C(F)(F)F)N1CCN(CCOCC)CC1. The number of halogens is 4. The molecule has 3 aromatic rings. The normalized spacial score (nSPS) is 14.3. The lowest BCUT2D eigenvalue weighted by atomic mass is 10.1. The van der Waals surface area contributed by atoms with E-state index >= 15 is 0 Å². The van der Waals surface area contributed by atoms with E-state index in [0.717, 1.165) is 30.1 Å². The molecule has 1 fully saturated rings. The predicted octanol–water partition coefficient (Wildman–Crippen LogP) is 4.27. The lowest BCUT2D eigenvalue weighted by Gasteiger charge is -2.37. The molecule has 13 heteroatoms. The first-order valence-electron chi connectivity index (χ1n) is 12.9. The molecule has 0 radical (unpaired) electrons. The third-order valence-corrected chi connectivity index (χ3v) is 6.42. The van der Waals surface area contributed by atoms with Crippen molar-refractivity contribution in [3.05, 3.63) is 77.6 Å². The fourth-order valence-corrected chi connectivity index (χ4v) is 4.18. The molecular formula is C27H32F4N8O. The number of anilines is 2. The van der Waals surface area contributed by atoms with Crippen LogP contribution >= 0.6 is 0 Å². The average Bonchev–Trinajstić information content (AvgIpc) is 2.96. The molecule has 0 saturated carbocycles. The van der Waals surface area contributed by atoms with Crippen LogP contribution in [0, 0.1) is 5.82 Å². The van der Waals surface area contributed by atoms with Gasteiger partial charge in [0.25, 0.3) is 0 Å². The maximum atomic E-state index is 14.0. The molecule has 1 aliphatic heterocycles. The van der Waals surface area contributed by atoms with Crippen LogP contribution in [0.1, 0.15) is 29.3 Å². The van der Waals surface area contributed by atoms with Gasteiger partial charge in [0.1, 0.15) is 0 Å². The second kappa shape index (κ2) is 13.5. The molecule has 1 aromatic carbocycles. The standard InChI is InChI=1S/C27H32F4N8O/c1-3-40-13-12-38-8-10-39(11-9-38)19(2)23-18-36-26(37-24(23)27(29,30)31)33-15-21-6-4-20(5-7-21)14-32-25-34-16-22(28)17-35-25/h4-7,16-18H,2-3,8-15H2,1H3,(H,32,34,35)(H,33,36,37). The summed E-state index contributed by atoms with van der Waals surface area (Å²) in [5.74, 6) is -0.337. The summed E-state index contributed by atoms with van der Waals surface area (Å²) in [6.45, 7) is 11.2. The van der Waals surface area contributed by atoms with Crippen LogP contribution in [-0.4, -0.2) is 75.7 Å². The Labute approximate surface area is 230 Å². The Kier molecular flexibility index (Phi) is 9.83. The van der Waals surface area contributed by atoms with Gasteiger partial charge < -0.3 is 20.3 Å². The van der Waals surface area contributed by atoms with Crippen molar-refractivity contribution in [1.29, 1.82) is 0 Å². The molecule has 1 saturated heterocycles. The molecule has 3 heterocycles. The van der Waals surface area contributed by atoms with Gasteiger partial charge in [-0.15, -0.1) is 0 Å². The number of alkyl halides is 3. The van der Waals surface area contributed by atoms with Crippen molar-refractivity contribution in [2.45, 2.75) is 26.2 Å². The van der Waals surface area contributed by atoms with E-state index in [1.807, 2.05) is 36.1 Å². The molecule has 2 aromatic heterocycles. The summed E-state index contributed by atoms with van der Waals surface area (Å²) in [6, 6.07) is 7.40. The van der Waals surface area contributed by atoms with Crippen LogP contribution in [0.2, 0.25) is 0 Å². The van der Waals surface area contributed by atoms with E-state index < -0.39 is 17.7 Å². The summed E-state index contributed by atoms with van der Waals surface area (Å²) in [5, 5.41) is 5.86. The molecular weight excluding hydrogens is 528 g/mol. The number of hydrogen-bond donors (Lipinski definition) is 2. The Bertz CT molecular complexity index is 1250. The first-order chi connectivity index (χ1) is 19.2. The topological polar surface area (TPSA) is 91.3 Å². The third kappa shape index (κ3) is 8.09. The van der Waals surface area contributed by atoms with Crippen molar-refractivity contribution < 1.29 is 22.3 Å². The molecule has 0 spiro atoms. The van der Waals surface area contributed by atoms with Gasteiger partial charge in [0, 0.05) is 69.9 Å². The quantitative estimate of drug-likeness (QED) is 0.249. The Hall–Kier alpha value is -3.84. The van der Waals surface area contributed by atoms with E-state index in [1.54, 1.807) is 0 Å². The van der Waals surface area contributed by atoms with Crippen LogP contribution in [0.25, 0.3) is 5.70 Å². The number of aromatic nitrogens is 4. The second-order valence-corrected chi connectivity index (χ2v) is 9.17. The number of nitrogens with one attached hydrogen (secondary N) is 2. The third-order valence-electron chi connectivity index (χ3n) is 6.42. The van der Waals surface area contributed by atoms with Gasteiger partial charge in [0.2, 0.25) is 11.9 Å². The van der Waals surface area contributed by atoms with Crippen molar-refractivity contribution in [3.8, 4) is 0 Å². The Morgan fingerprint density at radius 3 is 2.08 bits per heavy atom. The van der Waals surface area contributed by atoms with Crippen molar-refractivity contribution >= 4 is 17.6 Å². The minimum Gasteiger partial charge on any atom is -0.380 e. The summed E-state index contributed by atoms with van der Waals surface area (Å²) >= 11 is 0. The fourth-order valence-electron chi connectivity index (χ4n) is 4.18. The minimum atomic E-state index is -4.67. The van der Waals surface area contributed by atoms with Crippen LogP contribution < -0.4 is 10.6 Å². The van der Waals surface area contributed by atoms with Gasteiger partial charge >= 0.3 is 6.18 Å². The van der Waals surface area contributed by atoms with Crippen LogP contribution in [0.4, 0.5) is 29.5 Å². The summed E-state index contributed by atoms with van der Waals surface area (Å²) in [7, 11) is 0. The van der Waals surface area contributed by atoms with Gasteiger partial charge in [-0.2, -0.15) is 13.2 Å². The predicted molar refractivity (Wildman–Crippen MR) is 144 cm³/mol. The summed E-state index contributed by atoms with van der Waals surface area (Å²) < 4.78 is 60.3. The van der Waals surface area contributed by atoms with Gasteiger partial charge in [0.15, 0.2) is 11.5 Å². The molecule has 0 unspecified atom stereocenters. The van der Waals surface area contributed by atoms with Gasteiger partial charge in [0.05, 0.1) is 19.0 Å². The van der Waals surface area contributed by atoms with E-state index in [-0.39, 0.29) is 23.8 Å². The van der Waals surface area contributed by atoms with Gasteiger partial charge in [-0.25, -0.2) is 24.3 Å². The van der Waals surface area contributed by atoms with E-state index in [9.17, 15) is 17.6 Å². The maximum absolute atomic E-state index is 14.0. The average molecular weight is 561 g/mol. The monoisotopic (exact) mass is 560 g/mol. The number of nitrogens with zero attached hydrogens (tertiary/aromatic N) is 6. The zero-order valence-corrected chi connectivity index (χ0v) is 22.2. The van der Waals surface area contributed by atoms with E-state index in [2.05, 4.69) is 42.0 Å². The molecule has 9 nitrogen and oxygen atoms in total. The first-order valence-corrected chi connectivity index (χ1v) is 12.9. The van der Waals surface area contributed by atoms with Gasteiger partial charge in [-0.1, -0.05) is 30.8 Å². The zero-order valence-electron chi connectivity index (χ0n) is 22.2. The highest BCUT2D eigenvalue weighted by molar-refractivity contribution is 5.64. The lowest BCUT2D eigenvalue weighted by molar-refractivity contribution is -0.141. The van der Waals surface area contributed by atoms with E-state index in [0.29, 0.717) is 51.9 Å². The van der Waals surface area contributed by atoms with E-state index in [1.165, 1.54) is 6.20 Å². The number of hydrogen-bond acceptors (Lipinski definition) is 9. The minimum absolute atomic E-state index is 0.121. The second-order valence-electron chi connectivity index (χ2n) is 9.17. The fraction of sp³-hybridized carbons (Fsp3) is 0.407. The van der Waals surface area contributed by atoms with Crippen LogP contribution in [0.5, 0.6) is 0 Å². The maximum Gasteiger partial charge on any atom is 0.434 e. The molecule has 0 atom stereocenters. The van der Waals surface area contributed by atoms with Gasteiger partial charge in [-0.05, 0) is 18.1 Å². The highest BCUT2D eigenvalue weighted by Gasteiger charge is 2.37. The van der Waals surface area contributed by atoms with Gasteiger partial charge in [-0.3, -0.25) is 4.90 Å². The Morgan fingerprint density at radius 2 is 1.50 bits per heavy atom. The summed E-state index contributed by atoms with van der Waals surface area (Å²) in [5.41, 5.74) is 0.875. The highest BCUT2D eigenvalue weighted by atomic mass is 19.4. The van der Waals surface area contributed by atoms with Crippen molar-refractivity contribution in [2.24, 2.45) is 0 Å². The van der Waals surface area contributed by atoms with Crippen LogP contribution in [-0.2, 0) is 24.0 Å². The Morgan fingerprint density at radius 1 is 0.925 bits per heavy atom. The van der Waals surface area contributed by atoms with Crippen molar-refractivity contribution in [2.75, 3.05) is 56.6 Å². The van der Waals surface area contributed by atoms with E-state index in [4.69, 9.17) is 4.74 Å². The summed E-state index contributed by atoms with van der Waals surface area (Å²) in [4.78, 5) is 19.7. The number of ether oxygens (including phenoxy) is 1.